The van der Waals surface area contributed by atoms with Gasteiger partial charge in [-0.1, -0.05) is 63.1 Å². The van der Waals surface area contributed by atoms with E-state index >= 15 is 0 Å². The van der Waals surface area contributed by atoms with E-state index in [2.05, 4.69) is 5.32 Å². The molecular formula is C17H25NO. The molecule has 0 aromatic heterocycles. The van der Waals surface area contributed by atoms with Crippen molar-refractivity contribution in [1.29, 1.82) is 0 Å². The highest BCUT2D eigenvalue weighted by Gasteiger charge is 2.12. The summed E-state index contributed by atoms with van der Waals surface area (Å²) in [4.78, 5) is 11.8. The Balaban J connectivity index is 1.56. The molecule has 0 radical (unpaired) electrons. The maximum absolute atomic E-state index is 11.8. The number of nitrogens with one attached hydrogen (secondary N) is 1. The molecule has 19 heavy (non-hydrogen) atoms. The Labute approximate surface area is 116 Å². The van der Waals surface area contributed by atoms with Crippen molar-refractivity contribution in [2.45, 2.75) is 57.8 Å². The number of rotatable bonds is 6. The first kappa shape index (κ1) is 14.1. The van der Waals surface area contributed by atoms with Gasteiger partial charge in [-0.15, -0.1) is 0 Å². The molecule has 1 amide bonds. The number of hydrogen-bond donors (Lipinski definition) is 1. The summed E-state index contributed by atoms with van der Waals surface area (Å²) in [5.74, 6) is 1.08. The van der Waals surface area contributed by atoms with Crippen LogP contribution in [-0.2, 0) is 4.79 Å². The quantitative estimate of drug-likeness (QED) is 0.733. The second kappa shape index (κ2) is 7.98. The summed E-state index contributed by atoms with van der Waals surface area (Å²) >= 11 is 0. The lowest BCUT2D eigenvalue weighted by Gasteiger charge is -2.21. The fourth-order valence-corrected chi connectivity index (χ4v) is 2.94. The van der Waals surface area contributed by atoms with Gasteiger partial charge in [0.25, 0.3) is 0 Å². The summed E-state index contributed by atoms with van der Waals surface area (Å²) in [6, 6.07) is 9.71. The van der Waals surface area contributed by atoms with Crippen LogP contribution in [0, 0.1) is 5.92 Å². The first-order valence-corrected chi connectivity index (χ1v) is 7.69. The predicted molar refractivity (Wildman–Crippen MR) is 80.1 cm³/mol. The molecule has 1 aliphatic carbocycles. The zero-order valence-electron chi connectivity index (χ0n) is 11.7. The Bertz CT molecular complexity index is 368. The van der Waals surface area contributed by atoms with E-state index in [0.29, 0.717) is 6.42 Å². The molecular weight excluding hydrogens is 234 g/mol. The summed E-state index contributed by atoms with van der Waals surface area (Å²) < 4.78 is 0. The van der Waals surface area contributed by atoms with E-state index in [9.17, 15) is 4.79 Å². The molecule has 0 saturated heterocycles. The van der Waals surface area contributed by atoms with Gasteiger partial charge in [-0.25, -0.2) is 0 Å². The van der Waals surface area contributed by atoms with Gasteiger partial charge in [0, 0.05) is 12.1 Å². The highest BCUT2D eigenvalue weighted by atomic mass is 16.1. The summed E-state index contributed by atoms with van der Waals surface area (Å²) in [6.45, 7) is 0. The highest BCUT2D eigenvalue weighted by Crippen LogP contribution is 2.27. The minimum atomic E-state index is 0.148. The minimum absolute atomic E-state index is 0.148. The zero-order valence-corrected chi connectivity index (χ0v) is 11.7. The van der Waals surface area contributed by atoms with Crippen molar-refractivity contribution in [2.75, 3.05) is 5.32 Å². The van der Waals surface area contributed by atoms with E-state index in [1.807, 2.05) is 30.3 Å². The smallest absolute Gasteiger partial charge is 0.224 e. The van der Waals surface area contributed by atoms with E-state index in [4.69, 9.17) is 0 Å². The van der Waals surface area contributed by atoms with Gasteiger partial charge in [0.1, 0.15) is 0 Å². The molecule has 0 atom stereocenters. The molecule has 1 N–H and O–H groups in total. The molecule has 0 bridgehead atoms. The molecule has 0 heterocycles. The minimum Gasteiger partial charge on any atom is -0.326 e. The second-order valence-corrected chi connectivity index (χ2v) is 5.66. The van der Waals surface area contributed by atoms with Crippen LogP contribution >= 0.6 is 0 Å². The maximum atomic E-state index is 11.8. The van der Waals surface area contributed by atoms with Crippen LogP contribution in [0.1, 0.15) is 57.8 Å². The first-order chi connectivity index (χ1) is 9.34. The molecule has 2 heteroatoms. The molecule has 0 aliphatic heterocycles. The monoisotopic (exact) mass is 259 g/mol. The van der Waals surface area contributed by atoms with Crippen molar-refractivity contribution < 1.29 is 4.79 Å². The SMILES string of the molecule is O=C(CCCCC1CCCCC1)Nc1ccccc1. The van der Waals surface area contributed by atoms with E-state index in [-0.39, 0.29) is 5.91 Å². The second-order valence-electron chi connectivity index (χ2n) is 5.66. The normalized spacial score (nSPS) is 16.2. The van der Waals surface area contributed by atoms with Crippen LogP contribution in [0.25, 0.3) is 0 Å². The van der Waals surface area contributed by atoms with Gasteiger partial charge in [-0.05, 0) is 24.5 Å². The molecule has 1 aromatic rings. The van der Waals surface area contributed by atoms with Crippen molar-refractivity contribution in [3.63, 3.8) is 0 Å². The van der Waals surface area contributed by atoms with Crippen LogP contribution in [0.5, 0.6) is 0 Å². The van der Waals surface area contributed by atoms with Gasteiger partial charge in [-0.3, -0.25) is 4.79 Å². The van der Waals surface area contributed by atoms with Crippen LogP contribution < -0.4 is 5.32 Å². The summed E-state index contributed by atoms with van der Waals surface area (Å²) in [6.07, 6.45) is 11.3. The Morgan fingerprint density at radius 2 is 1.79 bits per heavy atom. The number of para-hydroxylation sites is 1. The summed E-state index contributed by atoms with van der Waals surface area (Å²) in [5, 5.41) is 2.94. The lowest BCUT2D eigenvalue weighted by atomic mass is 9.85. The number of amides is 1. The molecule has 104 valence electrons. The van der Waals surface area contributed by atoms with Crippen LogP contribution in [0.3, 0.4) is 0 Å². The van der Waals surface area contributed by atoms with Crippen LogP contribution in [0.15, 0.2) is 30.3 Å². The van der Waals surface area contributed by atoms with Crippen LogP contribution in [-0.4, -0.2) is 5.91 Å². The zero-order chi connectivity index (χ0) is 13.3. The fourth-order valence-electron chi connectivity index (χ4n) is 2.94. The summed E-state index contributed by atoms with van der Waals surface area (Å²) in [5.41, 5.74) is 0.903. The van der Waals surface area contributed by atoms with Gasteiger partial charge in [0.2, 0.25) is 5.91 Å². The van der Waals surface area contributed by atoms with Gasteiger partial charge >= 0.3 is 0 Å². The average Bonchev–Trinajstić information content (AvgIpc) is 2.46. The lowest BCUT2D eigenvalue weighted by Crippen LogP contribution is -2.11. The van der Waals surface area contributed by atoms with E-state index in [1.165, 1.54) is 44.9 Å². The topological polar surface area (TPSA) is 29.1 Å². The molecule has 0 spiro atoms. The number of benzene rings is 1. The highest BCUT2D eigenvalue weighted by molar-refractivity contribution is 5.90. The molecule has 1 aliphatic rings. The van der Waals surface area contributed by atoms with Crippen LogP contribution in [0.2, 0.25) is 0 Å². The number of hydrogen-bond acceptors (Lipinski definition) is 1. The molecule has 2 rings (SSSR count). The van der Waals surface area contributed by atoms with E-state index < -0.39 is 0 Å². The van der Waals surface area contributed by atoms with Gasteiger partial charge in [0.05, 0.1) is 0 Å². The van der Waals surface area contributed by atoms with Crippen molar-refractivity contribution >= 4 is 11.6 Å². The Kier molecular flexibility index (Phi) is 5.93. The van der Waals surface area contributed by atoms with Crippen molar-refractivity contribution in [2.24, 2.45) is 5.92 Å². The Morgan fingerprint density at radius 3 is 2.53 bits per heavy atom. The maximum Gasteiger partial charge on any atom is 0.224 e. The largest absolute Gasteiger partial charge is 0.326 e. The van der Waals surface area contributed by atoms with Crippen molar-refractivity contribution in [3.05, 3.63) is 30.3 Å². The average molecular weight is 259 g/mol. The third-order valence-corrected chi connectivity index (χ3v) is 4.05. The molecule has 2 nitrogen and oxygen atoms in total. The standard InChI is InChI=1S/C17H25NO/c19-17(18-16-12-5-2-6-13-16)14-8-7-11-15-9-3-1-4-10-15/h2,5-6,12-13,15H,1,3-4,7-11,14H2,(H,18,19). The predicted octanol–water partition coefficient (Wildman–Crippen LogP) is 4.77. The molecule has 1 fully saturated rings. The molecule has 1 aromatic carbocycles. The number of unbranched alkanes of at least 4 members (excludes halogenated alkanes) is 1. The third kappa shape index (κ3) is 5.46. The van der Waals surface area contributed by atoms with Gasteiger partial charge in [0.15, 0.2) is 0 Å². The first-order valence-electron chi connectivity index (χ1n) is 7.69. The lowest BCUT2D eigenvalue weighted by molar-refractivity contribution is -0.116. The summed E-state index contributed by atoms with van der Waals surface area (Å²) in [7, 11) is 0. The number of anilines is 1. The molecule has 1 saturated carbocycles. The number of carbonyl (C=O) groups excluding carboxylic acids is 1. The third-order valence-electron chi connectivity index (χ3n) is 4.05. The van der Waals surface area contributed by atoms with Gasteiger partial charge < -0.3 is 5.32 Å². The van der Waals surface area contributed by atoms with Crippen LogP contribution in [0.4, 0.5) is 5.69 Å². The van der Waals surface area contributed by atoms with Crippen molar-refractivity contribution in [1.82, 2.24) is 0 Å². The van der Waals surface area contributed by atoms with Crippen molar-refractivity contribution in [3.8, 4) is 0 Å². The van der Waals surface area contributed by atoms with Gasteiger partial charge in [-0.2, -0.15) is 0 Å². The van der Waals surface area contributed by atoms with E-state index in [0.717, 1.165) is 18.0 Å². The Morgan fingerprint density at radius 1 is 1.05 bits per heavy atom. The Hall–Kier alpha value is -1.31. The van der Waals surface area contributed by atoms with E-state index in [1.54, 1.807) is 0 Å². The number of carbonyl (C=O) groups is 1. The fraction of sp³-hybridized carbons (Fsp3) is 0.588. The molecule has 0 unspecified atom stereocenters.